The Morgan fingerprint density at radius 3 is 2.57 bits per heavy atom. The van der Waals surface area contributed by atoms with Crippen molar-refractivity contribution in [2.45, 2.75) is 0 Å². The van der Waals surface area contributed by atoms with Gasteiger partial charge in [0.2, 0.25) is 5.89 Å². The van der Waals surface area contributed by atoms with Crippen LogP contribution in [0.2, 0.25) is 0 Å². The molecule has 1 aromatic heterocycles. The summed E-state index contributed by atoms with van der Waals surface area (Å²) < 4.78 is 11.1. The number of benzene rings is 4. The lowest BCUT2D eigenvalue weighted by molar-refractivity contribution is 0.102. The minimum Gasteiger partial charge on any atom is -0.497 e. The van der Waals surface area contributed by atoms with E-state index < -0.39 is 0 Å². The number of hydrogen-bond donors (Lipinski definition) is 1. The van der Waals surface area contributed by atoms with Crippen LogP contribution in [-0.4, -0.2) is 18.0 Å². The molecular formula is C25H18N2O3. The fourth-order valence-electron chi connectivity index (χ4n) is 3.48. The van der Waals surface area contributed by atoms with Crippen LogP contribution in [0.15, 0.2) is 89.3 Å². The third-order valence-corrected chi connectivity index (χ3v) is 5.02. The van der Waals surface area contributed by atoms with Crippen molar-refractivity contribution in [3.63, 3.8) is 0 Å². The lowest BCUT2D eigenvalue weighted by atomic mass is 10.0. The molecule has 0 atom stereocenters. The summed E-state index contributed by atoms with van der Waals surface area (Å²) in [6, 6.07) is 26.6. The van der Waals surface area contributed by atoms with Crippen LogP contribution in [0.5, 0.6) is 5.75 Å². The second-order valence-electron chi connectivity index (χ2n) is 6.91. The average molecular weight is 394 g/mol. The van der Waals surface area contributed by atoms with Gasteiger partial charge >= 0.3 is 0 Å². The van der Waals surface area contributed by atoms with Crippen molar-refractivity contribution in [1.29, 1.82) is 0 Å². The second-order valence-corrected chi connectivity index (χ2v) is 6.91. The molecule has 0 fully saturated rings. The molecule has 0 unspecified atom stereocenters. The number of carbonyl (C=O) groups excluding carboxylic acids is 1. The summed E-state index contributed by atoms with van der Waals surface area (Å²) in [5, 5.41) is 5.12. The molecule has 0 spiro atoms. The topological polar surface area (TPSA) is 64.4 Å². The molecule has 5 aromatic rings. The minimum absolute atomic E-state index is 0.199. The molecule has 146 valence electrons. The predicted molar refractivity (Wildman–Crippen MR) is 118 cm³/mol. The van der Waals surface area contributed by atoms with E-state index in [-0.39, 0.29) is 5.91 Å². The van der Waals surface area contributed by atoms with E-state index in [1.807, 2.05) is 42.5 Å². The first-order valence-electron chi connectivity index (χ1n) is 9.55. The summed E-state index contributed by atoms with van der Waals surface area (Å²) in [7, 11) is 1.59. The SMILES string of the molecule is COc1ccc(C(=O)Nc2ccc3oc(-c4cccc5ccccc45)nc3c2)cc1. The van der Waals surface area contributed by atoms with E-state index in [1.54, 1.807) is 31.4 Å². The molecule has 5 heteroatoms. The molecule has 1 N–H and O–H groups in total. The van der Waals surface area contributed by atoms with Gasteiger partial charge in [0.1, 0.15) is 11.3 Å². The van der Waals surface area contributed by atoms with E-state index in [4.69, 9.17) is 9.15 Å². The highest BCUT2D eigenvalue weighted by molar-refractivity contribution is 6.05. The Morgan fingerprint density at radius 2 is 1.73 bits per heavy atom. The van der Waals surface area contributed by atoms with Crippen LogP contribution >= 0.6 is 0 Å². The van der Waals surface area contributed by atoms with Gasteiger partial charge in [-0.2, -0.15) is 0 Å². The maximum absolute atomic E-state index is 12.5. The standard InChI is InChI=1S/C25H18N2O3/c1-29-19-12-9-17(10-13-19)24(28)26-18-11-14-23-22(15-18)27-25(30-23)21-8-4-6-16-5-2-3-7-20(16)21/h2-15H,1H3,(H,26,28). The maximum Gasteiger partial charge on any atom is 0.255 e. The van der Waals surface area contributed by atoms with Gasteiger partial charge in [-0.15, -0.1) is 0 Å². The molecule has 0 saturated heterocycles. The highest BCUT2D eigenvalue weighted by atomic mass is 16.5. The van der Waals surface area contributed by atoms with Crippen molar-refractivity contribution in [3.05, 3.63) is 90.5 Å². The zero-order valence-corrected chi connectivity index (χ0v) is 16.3. The molecule has 1 amide bonds. The van der Waals surface area contributed by atoms with Gasteiger partial charge in [-0.1, -0.05) is 36.4 Å². The van der Waals surface area contributed by atoms with E-state index in [0.29, 0.717) is 34.0 Å². The van der Waals surface area contributed by atoms with Gasteiger partial charge in [-0.25, -0.2) is 4.98 Å². The Hall–Kier alpha value is -4.12. The third-order valence-electron chi connectivity index (χ3n) is 5.02. The van der Waals surface area contributed by atoms with E-state index in [0.717, 1.165) is 16.3 Å². The molecule has 0 bridgehead atoms. The molecule has 0 saturated carbocycles. The van der Waals surface area contributed by atoms with Crippen LogP contribution in [0.4, 0.5) is 5.69 Å². The number of methoxy groups -OCH3 is 1. The number of nitrogens with one attached hydrogen (secondary N) is 1. The number of fused-ring (bicyclic) bond motifs is 2. The van der Waals surface area contributed by atoms with E-state index >= 15 is 0 Å². The largest absolute Gasteiger partial charge is 0.497 e. The van der Waals surface area contributed by atoms with Crippen molar-refractivity contribution >= 4 is 33.5 Å². The second kappa shape index (κ2) is 7.37. The van der Waals surface area contributed by atoms with Gasteiger partial charge in [0.15, 0.2) is 5.58 Å². The molecule has 0 aliphatic carbocycles. The molecular weight excluding hydrogens is 376 g/mol. The number of amides is 1. The number of anilines is 1. The van der Waals surface area contributed by atoms with Crippen LogP contribution in [0.25, 0.3) is 33.3 Å². The molecule has 0 aliphatic rings. The number of aromatic nitrogens is 1. The molecule has 5 nitrogen and oxygen atoms in total. The number of carbonyl (C=O) groups is 1. The van der Waals surface area contributed by atoms with Gasteiger partial charge in [0, 0.05) is 16.8 Å². The Kier molecular flexibility index (Phi) is 4.41. The highest BCUT2D eigenvalue weighted by Gasteiger charge is 2.13. The molecule has 0 aliphatic heterocycles. The van der Waals surface area contributed by atoms with Crippen LogP contribution in [-0.2, 0) is 0 Å². The molecule has 5 rings (SSSR count). The van der Waals surface area contributed by atoms with Gasteiger partial charge < -0.3 is 14.5 Å². The zero-order valence-electron chi connectivity index (χ0n) is 16.3. The Balaban J connectivity index is 1.46. The average Bonchev–Trinajstić information content (AvgIpc) is 3.22. The summed E-state index contributed by atoms with van der Waals surface area (Å²) in [5.74, 6) is 1.06. The number of nitrogens with zero attached hydrogens (tertiary/aromatic N) is 1. The summed E-state index contributed by atoms with van der Waals surface area (Å²) in [6.07, 6.45) is 0. The summed E-state index contributed by atoms with van der Waals surface area (Å²) in [4.78, 5) is 17.2. The number of ether oxygens (including phenoxy) is 1. The van der Waals surface area contributed by atoms with Crippen LogP contribution in [0, 0.1) is 0 Å². The van der Waals surface area contributed by atoms with Gasteiger partial charge in [0.25, 0.3) is 5.91 Å². The Morgan fingerprint density at radius 1 is 0.933 bits per heavy atom. The number of rotatable bonds is 4. The van der Waals surface area contributed by atoms with E-state index in [9.17, 15) is 4.79 Å². The predicted octanol–water partition coefficient (Wildman–Crippen LogP) is 5.91. The third kappa shape index (κ3) is 3.26. The fourth-order valence-corrected chi connectivity index (χ4v) is 3.48. The van der Waals surface area contributed by atoms with Crippen molar-refractivity contribution in [2.75, 3.05) is 12.4 Å². The molecule has 0 radical (unpaired) electrons. The van der Waals surface area contributed by atoms with Gasteiger partial charge in [-0.05, 0) is 59.3 Å². The van der Waals surface area contributed by atoms with Crippen LogP contribution in [0.1, 0.15) is 10.4 Å². The van der Waals surface area contributed by atoms with Crippen molar-refractivity contribution in [1.82, 2.24) is 4.98 Å². The summed E-state index contributed by atoms with van der Waals surface area (Å²) in [5.41, 5.74) is 3.49. The van der Waals surface area contributed by atoms with Crippen molar-refractivity contribution < 1.29 is 13.9 Å². The van der Waals surface area contributed by atoms with Crippen molar-refractivity contribution in [3.8, 4) is 17.2 Å². The number of hydrogen-bond acceptors (Lipinski definition) is 4. The zero-order chi connectivity index (χ0) is 20.5. The minimum atomic E-state index is -0.199. The first-order valence-corrected chi connectivity index (χ1v) is 9.55. The summed E-state index contributed by atoms with van der Waals surface area (Å²) in [6.45, 7) is 0. The van der Waals surface area contributed by atoms with Crippen LogP contribution < -0.4 is 10.1 Å². The molecule has 1 heterocycles. The summed E-state index contributed by atoms with van der Waals surface area (Å²) >= 11 is 0. The Bertz CT molecular complexity index is 1370. The smallest absolute Gasteiger partial charge is 0.255 e. The lowest BCUT2D eigenvalue weighted by Crippen LogP contribution is -2.11. The van der Waals surface area contributed by atoms with Gasteiger partial charge in [-0.3, -0.25) is 4.79 Å². The lowest BCUT2D eigenvalue weighted by Gasteiger charge is -2.06. The van der Waals surface area contributed by atoms with Crippen LogP contribution in [0.3, 0.4) is 0 Å². The normalized spacial score (nSPS) is 11.0. The van der Waals surface area contributed by atoms with Crippen molar-refractivity contribution in [2.24, 2.45) is 0 Å². The number of oxazole rings is 1. The Labute approximate surface area is 172 Å². The maximum atomic E-state index is 12.5. The first kappa shape index (κ1) is 17.9. The monoisotopic (exact) mass is 394 g/mol. The molecule has 4 aromatic carbocycles. The first-order chi connectivity index (χ1) is 14.7. The quantitative estimate of drug-likeness (QED) is 0.412. The highest BCUT2D eigenvalue weighted by Crippen LogP contribution is 2.31. The van der Waals surface area contributed by atoms with E-state index in [2.05, 4.69) is 28.5 Å². The fraction of sp³-hybridized carbons (Fsp3) is 0.0400. The molecule has 30 heavy (non-hydrogen) atoms. The van der Waals surface area contributed by atoms with Gasteiger partial charge in [0.05, 0.1) is 7.11 Å². The van der Waals surface area contributed by atoms with E-state index in [1.165, 1.54) is 0 Å².